The van der Waals surface area contributed by atoms with E-state index < -0.39 is 6.10 Å². The van der Waals surface area contributed by atoms with E-state index >= 15 is 0 Å². The van der Waals surface area contributed by atoms with Crippen molar-refractivity contribution in [2.24, 2.45) is 5.73 Å². The normalized spacial score (nSPS) is 12.0. The second-order valence-corrected chi connectivity index (χ2v) is 8.52. The van der Waals surface area contributed by atoms with Gasteiger partial charge in [-0.25, -0.2) is 9.97 Å². The van der Waals surface area contributed by atoms with Crippen molar-refractivity contribution in [1.29, 1.82) is 5.41 Å². The van der Waals surface area contributed by atoms with Gasteiger partial charge in [0.05, 0.1) is 29.7 Å². The summed E-state index contributed by atoms with van der Waals surface area (Å²) in [6, 6.07) is 15.5. The lowest BCUT2D eigenvalue weighted by molar-refractivity contribution is 0.114. The van der Waals surface area contributed by atoms with Crippen LogP contribution >= 0.6 is 0 Å². The van der Waals surface area contributed by atoms with E-state index in [1.165, 1.54) is 6.21 Å². The van der Waals surface area contributed by atoms with Gasteiger partial charge in [0.25, 0.3) is 0 Å². The molecule has 0 aliphatic heterocycles. The SMILES string of the molecule is CC(C)Nc1nc(-c2cccc(OCC(O)CN)c2)cc(NCc2cnc3ccccn23)c1C=N. The van der Waals surface area contributed by atoms with Crippen LogP contribution in [-0.2, 0) is 6.54 Å². The third-order valence-corrected chi connectivity index (χ3v) is 5.43. The standard InChI is InChI=1S/C26H31N7O2/c1-17(2)31-26-22(13-28)24(29-14-19-15-30-25-8-3-4-9-33(19)25)11-23(32-26)18-6-5-7-21(10-18)35-16-20(34)12-27/h3-11,13,15,17,20,28,34H,12,14,16,27H2,1-2H3,(H2,29,31,32). The molecule has 6 N–H and O–H groups in total. The Balaban J connectivity index is 1.67. The average molecular weight is 474 g/mol. The summed E-state index contributed by atoms with van der Waals surface area (Å²) in [7, 11) is 0. The predicted molar refractivity (Wildman–Crippen MR) is 139 cm³/mol. The number of nitrogens with zero attached hydrogens (tertiary/aromatic N) is 3. The maximum absolute atomic E-state index is 9.72. The minimum absolute atomic E-state index is 0.117. The van der Waals surface area contributed by atoms with Gasteiger partial charge >= 0.3 is 0 Å². The number of ether oxygens (including phenoxy) is 1. The molecule has 0 fully saturated rings. The van der Waals surface area contributed by atoms with Gasteiger partial charge in [0, 0.05) is 36.2 Å². The number of rotatable bonds is 11. The first-order valence-electron chi connectivity index (χ1n) is 11.6. The van der Waals surface area contributed by atoms with E-state index in [0.29, 0.717) is 23.7 Å². The lowest BCUT2D eigenvalue weighted by Crippen LogP contribution is -2.26. The number of pyridine rings is 2. The number of nitrogens with one attached hydrogen (secondary N) is 3. The van der Waals surface area contributed by atoms with Crippen LogP contribution in [0.1, 0.15) is 25.1 Å². The minimum atomic E-state index is -0.721. The van der Waals surface area contributed by atoms with Crippen molar-refractivity contribution in [3.8, 4) is 17.0 Å². The maximum atomic E-state index is 9.72. The van der Waals surface area contributed by atoms with E-state index in [4.69, 9.17) is 20.9 Å². The van der Waals surface area contributed by atoms with Crippen molar-refractivity contribution in [3.63, 3.8) is 0 Å². The molecule has 3 aromatic heterocycles. The van der Waals surface area contributed by atoms with Crippen LogP contribution in [-0.4, -0.2) is 51.0 Å². The van der Waals surface area contributed by atoms with Crippen molar-refractivity contribution >= 4 is 23.4 Å². The Morgan fingerprint density at radius 3 is 2.83 bits per heavy atom. The van der Waals surface area contributed by atoms with Crippen LogP contribution in [0.4, 0.5) is 11.5 Å². The van der Waals surface area contributed by atoms with Gasteiger partial charge in [-0.1, -0.05) is 18.2 Å². The monoisotopic (exact) mass is 473 g/mol. The number of aliphatic hydroxyl groups is 1. The van der Waals surface area contributed by atoms with Gasteiger partial charge in [-0.2, -0.15) is 0 Å². The second-order valence-electron chi connectivity index (χ2n) is 8.52. The molecule has 182 valence electrons. The van der Waals surface area contributed by atoms with Gasteiger partial charge in [-0.15, -0.1) is 0 Å². The number of aliphatic hydroxyl groups excluding tert-OH is 1. The van der Waals surface area contributed by atoms with Crippen LogP contribution in [0.5, 0.6) is 5.75 Å². The molecule has 1 atom stereocenters. The van der Waals surface area contributed by atoms with Gasteiger partial charge in [0.1, 0.15) is 29.9 Å². The van der Waals surface area contributed by atoms with E-state index in [2.05, 4.69) is 15.6 Å². The predicted octanol–water partition coefficient (Wildman–Crippen LogP) is 3.52. The highest BCUT2D eigenvalue weighted by Crippen LogP contribution is 2.30. The Hall–Kier alpha value is -3.95. The highest BCUT2D eigenvalue weighted by Gasteiger charge is 2.15. The largest absolute Gasteiger partial charge is 0.491 e. The molecule has 9 heteroatoms. The topological polar surface area (TPSA) is 134 Å². The van der Waals surface area contributed by atoms with Gasteiger partial charge in [-0.3, -0.25) is 0 Å². The Morgan fingerprint density at radius 1 is 1.20 bits per heavy atom. The summed E-state index contributed by atoms with van der Waals surface area (Å²) in [6.07, 6.45) is 4.42. The number of anilines is 2. The zero-order valence-electron chi connectivity index (χ0n) is 19.9. The molecule has 35 heavy (non-hydrogen) atoms. The summed E-state index contributed by atoms with van der Waals surface area (Å²) < 4.78 is 7.72. The number of fused-ring (bicyclic) bond motifs is 1. The Morgan fingerprint density at radius 2 is 2.06 bits per heavy atom. The quantitative estimate of drug-likeness (QED) is 0.210. The lowest BCUT2D eigenvalue weighted by Gasteiger charge is -2.18. The molecule has 4 aromatic rings. The van der Waals surface area contributed by atoms with Crippen molar-refractivity contribution in [1.82, 2.24) is 14.4 Å². The minimum Gasteiger partial charge on any atom is -0.491 e. The summed E-state index contributed by atoms with van der Waals surface area (Å²) >= 11 is 0. The van der Waals surface area contributed by atoms with Gasteiger partial charge in [0.15, 0.2) is 0 Å². The third kappa shape index (κ3) is 5.76. The molecule has 0 radical (unpaired) electrons. The van der Waals surface area contributed by atoms with E-state index in [1.54, 1.807) is 0 Å². The molecule has 0 aliphatic carbocycles. The molecule has 1 aromatic carbocycles. The smallest absolute Gasteiger partial charge is 0.137 e. The fraction of sp³-hybridized carbons (Fsp3) is 0.269. The molecule has 0 bridgehead atoms. The summed E-state index contributed by atoms with van der Waals surface area (Å²) in [5, 5.41) is 24.6. The van der Waals surface area contributed by atoms with Crippen molar-refractivity contribution in [2.45, 2.75) is 32.5 Å². The molecular weight excluding hydrogens is 442 g/mol. The Bertz CT molecular complexity index is 1300. The first-order valence-corrected chi connectivity index (χ1v) is 11.6. The highest BCUT2D eigenvalue weighted by atomic mass is 16.5. The van der Waals surface area contributed by atoms with Crippen LogP contribution in [0.2, 0.25) is 0 Å². The zero-order chi connectivity index (χ0) is 24.8. The van der Waals surface area contributed by atoms with Gasteiger partial charge in [-0.05, 0) is 44.2 Å². The maximum Gasteiger partial charge on any atom is 0.137 e. The summed E-state index contributed by atoms with van der Waals surface area (Å²) in [5.41, 5.74) is 10.4. The van der Waals surface area contributed by atoms with E-state index in [-0.39, 0.29) is 19.2 Å². The summed E-state index contributed by atoms with van der Waals surface area (Å²) in [5.74, 6) is 1.24. The fourth-order valence-electron chi connectivity index (χ4n) is 3.69. The molecule has 4 rings (SSSR count). The number of benzene rings is 1. The van der Waals surface area contributed by atoms with E-state index in [9.17, 15) is 5.11 Å². The fourth-order valence-corrected chi connectivity index (χ4v) is 3.69. The molecule has 0 spiro atoms. The lowest BCUT2D eigenvalue weighted by atomic mass is 10.1. The first kappa shape index (κ1) is 24.2. The van der Waals surface area contributed by atoms with Crippen LogP contribution in [0.3, 0.4) is 0 Å². The molecule has 0 amide bonds. The molecule has 9 nitrogen and oxygen atoms in total. The number of hydrogen-bond donors (Lipinski definition) is 5. The van der Waals surface area contributed by atoms with Crippen LogP contribution in [0.15, 0.2) is 60.9 Å². The summed E-state index contributed by atoms with van der Waals surface area (Å²) in [6.45, 7) is 4.84. The van der Waals surface area contributed by atoms with Gasteiger partial charge < -0.3 is 36.0 Å². The second kappa shape index (κ2) is 11.0. The van der Waals surface area contributed by atoms with Gasteiger partial charge in [0.2, 0.25) is 0 Å². The molecule has 3 heterocycles. The Labute approximate surface area is 204 Å². The molecule has 1 unspecified atom stereocenters. The molecule has 0 saturated carbocycles. The van der Waals surface area contributed by atoms with Crippen molar-refractivity contribution in [3.05, 3.63) is 72.2 Å². The number of imidazole rings is 1. The van der Waals surface area contributed by atoms with Crippen molar-refractivity contribution < 1.29 is 9.84 Å². The van der Waals surface area contributed by atoms with Crippen LogP contribution in [0, 0.1) is 5.41 Å². The Kier molecular flexibility index (Phi) is 7.59. The molecule has 0 saturated heterocycles. The van der Waals surface area contributed by atoms with Crippen LogP contribution in [0.25, 0.3) is 16.9 Å². The average Bonchev–Trinajstić information content (AvgIpc) is 3.28. The number of hydrogen-bond acceptors (Lipinski definition) is 8. The zero-order valence-corrected chi connectivity index (χ0v) is 19.9. The number of nitrogens with two attached hydrogens (primary N) is 1. The third-order valence-electron chi connectivity index (χ3n) is 5.43. The van der Waals surface area contributed by atoms with E-state index in [0.717, 1.165) is 28.3 Å². The highest BCUT2D eigenvalue weighted by molar-refractivity contribution is 5.93. The summed E-state index contributed by atoms with van der Waals surface area (Å²) in [4.78, 5) is 9.27. The molecular formula is C26H31N7O2. The van der Waals surface area contributed by atoms with Crippen molar-refractivity contribution in [2.75, 3.05) is 23.8 Å². The molecule has 0 aliphatic rings. The number of aromatic nitrogens is 3. The van der Waals surface area contributed by atoms with E-state index in [1.807, 2.05) is 79.2 Å². The first-order chi connectivity index (χ1) is 17.0. The van der Waals surface area contributed by atoms with Crippen LogP contribution < -0.4 is 21.1 Å².